The van der Waals surface area contributed by atoms with Gasteiger partial charge in [-0.05, 0) is 51.9 Å². The van der Waals surface area contributed by atoms with E-state index in [1.54, 1.807) is 5.57 Å². The Kier molecular flexibility index (Phi) is 10.6. The van der Waals surface area contributed by atoms with E-state index in [-0.39, 0.29) is 0 Å². The Morgan fingerprint density at radius 3 is 2.31 bits per heavy atom. The molecule has 0 aliphatic carbocycles. The van der Waals surface area contributed by atoms with Crippen LogP contribution in [0.4, 0.5) is 0 Å². The summed E-state index contributed by atoms with van der Waals surface area (Å²) >= 11 is 4.84. The van der Waals surface area contributed by atoms with E-state index in [0.29, 0.717) is 6.61 Å². The van der Waals surface area contributed by atoms with Gasteiger partial charge in [0.15, 0.2) is 0 Å². The molecule has 0 aromatic heterocycles. The van der Waals surface area contributed by atoms with Crippen LogP contribution >= 0.6 is 45.2 Å². The number of unbranched alkanes of at least 4 members (excludes halogenated alkanes) is 1. The number of hydrogen-bond donors (Lipinski definition) is 1. The van der Waals surface area contributed by atoms with Crippen LogP contribution in [0.15, 0.2) is 9.15 Å². The van der Waals surface area contributed by atoms with Gasteiger partial charge in [0.2, 0.25) is 0 Å². The van der Waals surface area contributed by atoms with Crippen LogP contribution in [0.25, 0.3) is 0 Å². The average Bonchev–Trinajstić information content (AvgIpc) is 2.17. The van der Waals surface area contributed by atoms with Crippen LogP contribution in [-0.4, -0.2) is 16.1 Å². The van der Waals surface area contributed by atoms with Crippen LogP contribution in [0.1, 0.15) is 39.0 Å². The van der Waals surface area contributed by atoms with Gasteiger partial charge in [-0.25, -0.2) is 0 Å². The molecule has 0 aliphatic heterocycles. The van der Waals surface area contributed by atoms with Crippen molar-refractivity contribution in [3.05, 3.63) is 9.15 Å². The second kappa shape index (κ2) is 9.71. The molecule has 0 fully saturated rings. The van der Waals surface area contributed by atoms with Gasteiger partial charge in [0.05, 0.1) is 0 Å². The van der Waals surface area contributed by atoms with E-state index < -0.39 is 0 Å². The van der Waals surface area contributed by atoms with E-state index in [2.05, 4.69) is 52.1 Å². The first-order valence-corrected chi connectivity index (χ1v) is 7.39. The Balaban J connectivity index is 4.02. The van der Waals surface area contributed by atoms with E-state index in [4.69, 9.17) is 5.11 Å². The predicted molar refractivity (Wildman–Crippen MR) is 75.8 cm³/mol. The van der Waals surface area contributed by atoms with Gasteiger partial charge in [-0.3, -0.25) is 0 Å². The van der Waals surface area contributed by atoms with Crippen molar-refractivity contribution in [2.75, 3.05) is 11.0 Å². The quantitative estimate of drug-likeness (QED) is 0.498. The second-order valence-electron chi connectivity index (χ2n) is 3.07. The third-order valence-corrected chi connectivity index (χ3v) is 5.34. The molecule has 0 saturated heterocycles. The van der Waals surface area contributed by atoms with Gasteiger partial charge in [0.25, 0.3) is 0 Å². The minimum absolute atomic E-state index is 0.320. The fraction of sp³-hybridized carbons (Fsp3) is 0.800. The summed E-state index contributed by atoms with van der Waals surface area (Å²) in [5.41, 5.74) is 1.56. The van der Waals surface area contributed by atoms with Crippen LogP contribution in [-0.2, 0) is 0 Å². The number of rotatable bonds is 7. The SMILES string of the molecule is CCCC/C(CCCO)=C(/I)CI. The molecule has 1 nitrogen and oxygen atoms in total. The highest BCUT2D eigenvalue weighted by Crippen LogP contribution is 2.24. The average molecular weight is 408 g/mol. The van der Waals surface area contributed by atoms with Gasteiger partial charge >= 0.3 is 0 Å². The summed E-state index contributed by atoms with van der Waals surface area (Å²) in [6.45, 7) is 2.54. The number of hydrogen-bond acceptors (Lipinski definition) is 1. The molecule has 0 unspecified atom stereocenters. The van der Waals surface area contributed by atoms with Crippen molar-refractivity contribution < 1.29 is 5.11 Å². The molecule has 13 heavy (non-hydrogen) atoms. The molecule has 0 atom stereocenters. The van der Waals surface area contributed by atoms with Crippen molar-refractivity contribution >= 4 is 45.2 Å². The highest BCUT2D eigenvalue weighted by Gasteiger charge is 2.02. The molecule has 78 valence electrons. The normalized spacial score (nSPS) is 12.9. The fourth-order valence-electron chi connectivity index (χ4n) is 1.17. The summed E-state index contributed by atoms with van der Waals surface area (Å²) in [4.78, 5) is 0. The van der Waals surface area contributed by atoms with E-state index in [0.717, 1.165) is 17.3 Å². The summed E-state index contributed by atoms with van der Waals surface area (Å²) in [5, 5.41) is 8.77. The van der Waals surface area contributed by atoms with Crippen molar-refractivity contribution in [3.8, 4) is 0 Å². The summed E-state index contributed by atoms with van der Waals surface area (Å²) in [6.07, 6.45) is 5.76. The van der Waals surface area contributed by atoms with Gasteiger partial charge in [-0.1, -0.05) is 41.5 Å². The van der Waals surface area contributed by atoms with Crippen LogP contribution in [0.3, 0.4) is 0 Å². The maximum Gasteiger partial charge on any atom is 0.0434 e. The fourth-order valence-corrected chi connectivity index (χ4v) is 2.25. The third kappa shape index (κ3) is 7.13. The predicted octanol–water partition coefficient (Wildman–Crippen LogP) is 4.07. The van der Waals surface area contributed by atoms with Gasteiger partial charge in [-0.2, -0.15) is 0 Å². The Hall–Kier alpha value is 1.16. The van der Waals surface area contributed by atoms with Crippen molar-refractivity contribution in [1.82, 2.24) is 0 Å². The Morgan fingerprint density at radius 2 is 1.85 bits per heavy atom. The molecule has 0 heterocycles. The Morgan fingerprint density at radius 1 is 1.23 bits per heavy atom. The summed E-state index contributed by atoms with van der Waals surface area (Å²) in [5.74, 6) is 0. The zero-order chi connectivity index (χ0) is 10.1. The van der Waals surface area contributed by atoms with Crippen LogP contribution < -0.4 is 0 Å². The highest BCUT2D eigenvalue weighted by atomic mass is 127. The zero-order valence-corrected chi connectivity index (χ0v) is 12.5. The number of aliphatic hydroxyl groups is 1. The minimum atomic E-state index is 0.320. The second-order valence-corrected chi connectivity index (χ2v) is 5.14. The summed E-state index contributed by atoms with van der Waals surface area (Å²) in [7, 11) is 0. The molecule has 0 spiro atoms. The van der Waals surface area contributed by atoms with Gasteiger partial charge in [0, 0.05) is 11.0 Å². The summed E-state index contributed by atoms with van der Waals surface area (Å²) in [6, 6.07) is 0. The molecular formula is C10H18I2O. The first-order valence-electron chi connectivity index (χ1n) is 4.79. The molecule has 0 aromatic carbocycles. The molecule has 0 amide bonds. The number of alkyl halides is 1. The molecule has 0 rings (SSSR count). The van der Waals surface area contributed by atoms with Crippen molar-refractivity contribution in [2.45, 2.75) is 39.0 Å². The van der Waals surface area contributed by atoms with Crippen molar-refractivity contribution in [2.24, 2.45) is 0 Å². The summed E-state index contributed by atoms with van der Waals surface area (Å²) < 4.78 is 2.60. The van der Waals surface area contributed by atoms with E-state index in [1.807, 2.05) is 0 Å². The maximum absolute atomic E-state index is 8.77. The number of aliphatic hydroxyl groups excluding tert-OH is 1. The minimum Gasteiger partial charge on any atom is -0.396 e. The van der Waals surface area contributed by atoms with Gasteiger partial charge in [-0.15, -0.1) is 0 Å². The van der Waals surface area contributed by atoms with Crippen molar-refractivity contribution in [3.63, 3.8) is 0 Å². The Bertz CT molecular complexity index is 145. The molecule has 3 heteroatoms. The first kappa shape index (κ1) is 14.2. The zero-order valence-electron chi connectivity index (χ0n) is 8.15. The van der Waals surface area contributed by atoms with E-state index in [9.17, 15) is 0 Å². The van der Waals surface area contributed by atoms with E-state index in [1.165, 1.54) is 22.8 Å². The van der Waals surface area contributed by atoms with Crippen molar-refractivity contribution in [1.29, 1.82) is 0 Å². The molecule has 1 N–H and O–H groups in total. The van der Waals surface area contributed by atoms with Crippen LogP contribution in [0.5, 0.6) is 0 Å². The van der Waals surface area contributed by atoms with Gasteiger partial charge in [0.1, 0.15) is 0 Å². The topological polar surface area (TPSA) is 20.2 Å². The first-order chi connectivity index (χ1) is 6.26. The molecule has 0 radical (unpaired) electrons. The van der Waals surface area contributed by atoms with Crippen LogP contribution in [0.2, 0.25) is 0 Å². The molecule has 0 bridgehead atoms. The van der Waals surface area contributed by atoms with Gasteiger partial charge < -0.3 is 5.11 Å². The van der Waals surface area contributed by atoms with Crippen LogP contribution in [0, 0.1) is 0 Å². The third-order valence-electron chi connectivity index (χ3n) is 1.97. The highest BCUT2D eigenvalue weighted by molar-refractivity contribution is 14.1. The monoisotopic (exact) mass is 408 g/mol. The Labute approximate surface area is 109 Å². The lowest BCUT2D eigenvalue weighted by molar-refractivity contribution is 0.288. The molecular weight excluding hydrogens is 390 g/mol. The molecule has 0 aliphatic rings. The maximum atomic E-state index is 8.77. The largest absolute Gasteiger partial charge is 0.396 e. The number of halogens is 2. The standard InChI is InChI=1S/C10H18I2O/c1-2-3-5-9(6-4-7-13)10(12)8-11/h13H,2-8H2,1H3/b10-9-. The van der Waals surface area contributed by atoms with E-state index >= 15 is 0 Å². The lowest BCUT2D eigenvalue weighted by Gasteiger charge is -2.08. The smallest absolute Gasteiger partial charge is 0.0434 e. The number of allylic oxidation sites excluding steroid dienone is 2. The lowest BCUT2D eigenvalue weighted by Crippen LogP contribution is -1.92. The lowest BCUT2D eigenvalue weighted by atomic mass is 10.0. The molecule has 0 saturated carbocycles. The molecule has 0 aromatic rings.